The van der Waals surface area contributed by atoms with E-state index in [-0.39, 0.29) is 5.91 Å². The monoisotopic (exact) mass is 304 g/mol. The number of aryl methyl sites for hydroxylation is 2. The fourth-order valence-corrected chi connectivity index (χ4v) is 2.09. The first-order valence-corrected chi connectivity index (χ1v) is 7.02. The second-order valence-corrected chi connectivity index (χ2v) is 5.19. The molecule has 0 radical (unpaired) electrons. The van der Waals surface area contributed by atoms with E-state index in [2.05, 4.69) is 20.7 Å². The summed E-state index contributed by atoms with van der Waals surface area (Å²) < 4.78 is 0. The number of amides is 1. The van der Waals surface area contributed by atoms with Crippen molar-refractivity contribution in [3.8, 4) is 0 Å². The highest BCUT2D eigenvalue weighted by atomic mass is 35.5. The topological polar surface area (TPSA) is 70.1 Å². The quantitative estimate of drug-likeness (QED) is 0.658. The third kappa shape index (κ3) is 4.43. The Morgan fingerprint density at radius 1 is 1.38 bits per heavy atom. The number of rotatable bonds is 5. The summed E-state index contributed by atoms with van der Waals surface area (Å²) >= 11 is 5.79. The van der Waals surface area contributed by atoms with Gasteiger partial charge in [0.15, 0.2) is 0 Å². The molecule has 6 heteroatoms. The van der Waals surface area contributed by atoms with Crippen molar-refractivity contribution in [1.29, 1.82) is 0 Å². The Bertz CT molecular complexity index is 627. The van der Waals surface area contributed by atoms with Crippen molar-refractivity contribution < 1.29 is 4.79 Å². The minimum absolute atomic E-state index is 0.125. The Labute approximate surface area is 128 Å². The molecule has 0 saturated heterocycles. The van der Waals surface area contributed by atoms with Crippen LogP contribution in [-0.2, 0) is 11.2 Å². The van der Waals surface area contributed by atoms with Gasteiger partial charge in [-0.25, -0.2) is 5.43 Å². The molecule has 0 saturated carbocycles. The predicted octanol–water partition coefficient (Wildman–Crippen LogP) is 2.76. The van der Waals surface area contributed by atoms with Crippen LogP contribution in [0, 0.1) is 13.8 Å². The Balaban J connectivity index is 1.81. The SMILES string of the molecule is Cc1n[nH]c(C)c1CCC(=O)NN=Cc1ccc(Cl)cc1. The molecule has 2 N–H and O–H groups in total. The number of nitrogens with one attached hydrogen (secondary N) is 2. The van der Waals surface area contributed by atoms with Gasteiger partial charge in [0.1, 0.15) is 0 Å². The van der Waals surface area contributed by atoms with E-state index in [0.717, 1.165) is 22.5 Å². The predicted molar refractivity (Wildman–Crippen MR) is 83.6 cm³/mol. The van der Waals surface area contributed by atoms with Crippen molar-refractivity contribution in [2.45, 2.75) is 26.7 Å². The zero-order valence-corrected chi connectivity index (χ0v) is 12.7. The summed E-state index contributed by atoms with van der Waals surface area (Å²) in [4.78, 5) is 11.7. The van der Waals surface area contributed by atoms with Gasteiger partial charge in [0.2, 0.25) is 5.91 Å². The van der Waals surface area contributed by atoms with Crippen molar-refractivity contribution in [3.63, 3.8) is 0 Å². The van der Waals surface area contributed by atoms with E-state index < -0.39 is 0 Å². The maximum absolute atomic E-state index is 11.7. The summed E-state index contributed by atoms with van der Waals surface area (Å²) in [7, 11) is 0. The lowest BCUT2D eigenvalue weighted by Crippen LogP contribution is -2.18. The van der Waals surface area contributed by atoms with Crippen molar-refractivity contribution >= 4 is 23.7 Å². The van der Waals surface area contributed by atoms with Gasteiger partial charge in [-0.2, -0.15) is 10.2 Å². The van der Waals surface area contributed by atoms with Gasteiger partial charge in [-0.15, -0.1) is 0 Å². The number of aromatic amines is 1. The number of carbonyl (C=O) groups excluding carboxylic acids is 1. The smallest absolute Gasteiger partial charge is 0.240 e. The Hall–Kier alpha value is -2.14. The van der Waals surface area contributed by atoms with Gasteiger partial charge in [0, 0.05) is 17.1 Å². The molecule has 0 aliphatic rings. The lowest BCUT2D eigenvalue weighted by molar-refractivity contribution is -0.121. The van der Waals surface area contributed by atoms with Gasteiger partial charge in [-0.3, -0.25) is 9.89 Å². The van der Waals surface area contributed by atoms with Crippen LogP contribution in [0.2, 0.25) is 5.02 Å². The largest absolute Gasteiger partial charge is 0.282 e. The summed E-state index contributed by atoms with van der Waals surface area (Å²) in [5, 5.41) is 11.6. The van der Waals surface area contributed by atoms with Crippen molar-refractivity contribution in [1.82, 2.24) is 15.6 Å². The Morgan fingerprint density at radius 3 is 2.71 bits per heavy atom. The summed E-state index contributed by atoms with van der Waals surface area (Å²) in [5.41, 5.74) is 6.42. The number of carbonyl (C=O) groups is 1. The van der Waals surface area contributed by atoms with E-state index in [1.807, 2.05) is 26.0 Å². The lowest BCUT2D eigenvalue weighted by Gasteiger charge is -2.01. The molecule has 5 nitrogen and oxygen atoms in total. The molecule has 1 aromatic heterocycles. The van der Waals surface area contributed by atoms with E-state index in [4.69, 9.17) is 11.6 Å². The molecule has 0 bridgehead atoms. The number of H-pyrrole nitrogens is 1. The minimum atomic E-state index is -0.125. The van der Waals surface area contributed by atoms with E-state index in [9.17, 15) is 4.79 Å². The summed E-state index contributed by atoms with van der Waals surface area (Å²) in [6.45, 7) is 3.88. The molecule has 0 aliphatic heterocycles. The van der Waals surface area contributed by atoms with Crippen LogP contribution in [-0.4, -0.2) is 22.3 Å². The molecule has 0 fully saturated rings. The molecule has 110 valence electrons. The molecule has 1 heterocycles. The number of hydrogen-bond donors (Lipinski definition) is 2. The van der Waals surface area contributed by atoms with E-state index in [1.54, 1.807) is 18.3 Å². The molecular formula is C15H17ClN4O. The van der Waals surface area contributed by atoms with E-state index >= 15 is 0 Å². The van der Waals surface area contributed by atoms with Crippen molar-refractivity contribution in [3.05, 3.63) is 51.8 Å². The molecule has 1 aromatic carbocycles. The minimum Gasteiger partial charge on any atom is -0.282 e. The Kier molecular flexibility index (Phi) is 5.11. The second kappa shape index (κ2) is 7.04. The fraction of sp³-hybridized carbons (Fsp3) is 0.267. The number of benzene rings is 1. The molecular weight excluding hydrogens is 288 g/mol. The van der Waals surface area contributed by atoms with Crippen LogP contribution in [0.25, 0.3) is 0 Å². The van der Waals surface area contributed by atoms with Gasteiger partial charge in [-0.1, -0.05) is 23.7 Å². The number of hydrazone groups is 1. The van der Waals surface area contributed by atoms with Crippen LogP contribution < -0.4 is 5.43 Å². The van der Waals surface area contributed by atoms with E-state index in [1.165, 1.54) is 0 Å². The maximum Gasteiger partial charge on any atom is 0.240 e. The summed E-state index contributed by atoms with van der Waals surface area (Å²) in [6.07, 6.45) is 2.61. The maximum atomic E-state index is 11.7. The van der Waals surface area contributed by atoms with Gasteiger partial charge >= 0.3 is 0 Å². The molecule has 2 rings (SSSR count). The zero-order valence-electron chi connectivity index (χ0n) is 12.0. The normalized spacial score (nSPS) is 11.0. The highest BCUT2D eigenvalue weighted by molar-refractivity contribution is 6.30. The van der Waals surface area contributed by atoms with E-state index in [0.29, 0.717) is 17.9 Å². The number of nitrogens with zero attached hydrogens (tertiary/aromatic N) is 2. The van der Waals surface area contributed by atoms with Crippen molar-refractivity contribution in [2.24, 2.45) is 5.10 Å². The van der Waals surface area contributed by atoms with Crippen LogP contribution in [0.3, 0.4) is 0 Å². The van der Waals surface area contributed by atoms with Gasteiger partial charge in [0.05, 0.1) is 11.9 Å². The van der Waals surface area contributed by atoms with Gasteiger partial charge < -0.3 is 0 Å². The second-order valence-electron chi connectivity index (χ2n) is 4.76. The first-order chi connectivity index (χ1) is 10.1. The summed E-state index contributed by atoms with van der Waals surface area (Å²) in [5.74, 6) is -0.125. The standard InChI is InChI=1S/C15H17ClN4O/c1-10-14(11(2)19-18-10)7-8-15(21)20-17-9-12-3-5-13(16)6-4-12/h3-6,9H,7-8H2,1-2H3,(H,18,19)(H,20,21). The average Bonchev–Trinajstić information content (AvgIpc) is 2.78. The number of aromatic nitrogens is 2. The third-order valence-corrected chi connectivity index (χ3v) is 3.41. The molecule has 0 aliphatic carbocycles. The third-order valence-electron chi connectivity index (χ3n) is 3.16. The first kappa shape index (κ1) is 15.3. The van der Waals surface area contributed by atoms with Crippen molar-refractivity contribution in [2.75, 3.05) is 0 Å². The first-order valence-electron chi connectivity index (χ1n) is 6.64. The van der Waals surface area contributed by atoms with Crippen LogP contribution in [0.1, 0.15) is 28.9 Å². The fourth-order valence-electron chi connectivity index (χ4n) is 1.96. The van der Waals surface area contributed by atoms with Gasteiger partial charge in [0.25, 0.3) is 0 Å². The van der Waals surface area contributed by atoms with Gasteiger partial charge in [-0.05, 0) is 43.5 Å². The molecule has 0 spiro atoms. The molecule has 2 aromatic rings. The number of halogens is 1. The lowest BCUT2D eigenvalue weighted by atomic mass is 10.1. The molecule has 1 amide bonds. The van der Waals surface area contributed by atoms with Crippen LogP contribution >= 0.6 is 11.6 Å². The summed E-state index contributed by atoms with van der Waals surface area (Å²) in [6, 6.07) is 7.21. The Morgan fingerprint density at radius 2 is 2.10 bits per heavy atom. The molecule has 21 heavy (non-hydrogen) atoms. The molecule has 0 unspecified atom stereocenters. The van der Waals surface area contributed by atoms with Crippen LogP contribution in [0.5, 0.6) is 0 Å². The average molecular weight is 305 g/mol. The molecule has 0 atom stereocenters. The highest BCUT2D eigenvalue weighted by Gasteiger charge is 2.08. The number of hydrogen-bond acceptors (Lipinski definition) is 3. The highest BCUT2D eigenvalue weighted by Crippen LogP contribution is 2.11. The van der Waals surface area contributed by atoms with Crippen LogP contribution in [0.15, 0.2) is 29.4 Å². The zero-order chi connectivity index (χ0) is 15.2. The van der Waals surface area contributed by atoms with Crippen LogP contribution in [0.4, 0.5) is 0 Å².